The molecule has 0 radical (unpaired) electrons. The fourth-order valence-electron chi connectivity index (χ4n) is 0.0680. The Morgan fingerprint density at radius 2 is 2.33 bits per heavy atom. The van der Waals surface area contributed by atoms with Crippen LogP contribution >= 0.6 is 0 Å². The van der Waals surface area contributed by atoms with E-state index in [4.69, 9.17) is 5.73 Å². The first kappa shape index (κ1) is 5.28. The first-order valence-electron chi connectivity index (χ1n) is 1.82. The number of rotatable bonds is 1. The average Bonchev–Trinajstić information content (AvgIpc) is 1.65. The molecule has 1 heteroatoms. The molecule has 0 aromatic carbocycles. The van der Waals surface area contributed by atoms with Crippen LogP contribution < -0.4 is 5.73 Å². The largest absolute Gasteiger partial charge is 0.404 e. The Labute approximate surface area is 38.2 Å². The van der Waals surface area contributed by atoms with Gasteiger partial charge in [-0.05, 0) is 18.7 Å². The van der Waals surface area contributed by atoms with Gasteiger partial charge in [-0.3, -0.25) is 0 Å². The zero-order chi connectivity index (χ0) is 4.99. The molecule has 6 heavy (non-hydrogen) atoms. The topological polar surface area (TPSA) is 26.0 Å². The van der Waals surface area contributed by atoms with E-state index >= 15 is 0 Å². The lowest BCUT2D eigenvalue weighted by Gasteiger charge is -1.78. The predicted octanol–water partition coefficient (Wildman–Crippen LogP) is 1.03. The van der Waals surface area contributed by atoms with Crippen molar-refractivity contribution in [3.63, 3.8) is 0 Å². The smallest absolute Gasteiger partial charge is 0.00328 e. The molecular formula is C5H9N. The van der Waals surface area contributed by atoms with E-state index in [1.54, 1.807) is 6.08 Å². The van der Waals surface area contributed by atoms with Gasteiger partial charge < -0.3 is 5.73 Å². The Hall–Kier alpha value is -0.720. The second kappa shape index (κ2) is 2.51. The van der Waals surface area contributed by atoms with Crippen LogP contribution in [0.15, 0.2) is 24.4 Å². The standard InChI is InChI=1S/C5H9N/c1-3-5(2)4-6/h3-4H,1,6H2,2H3. The fourth-order valence-corrected chi connectivity index (χ4v) is 0.0680. The summed E-state index contributed by atoms with van der Waals surface area (Å²) in [6.07, 6.45) is 3.23. The lowest BCUT2D eigenvalue weighted by molar-refractivity contribution is 1.44. The number of hydrogen-bond donors (Lipinski definition) is 1. The summed E-state index contributed by atoms with van der Waals surface area (Å²) < 4.78 is 0. The van der Waals surface area contributed by atoms with Gasteiger partial charge in [0, 0.05) is 0 Å². The van der Waals surface area contributed by atoms with Crippen molar-refractivity contribution in [3.05, 3.63) is 24.4 Å². The Morgan fingerprint density at radius 1 is 1.83 bits per heavy atom. The third-order valence-electron chi connectivity index (χ3n) is 0.585. The summed E-state index contributed by atoms with van der Waals surface area (Å²) in [4.78, 5) is 0. The minimum absolute atomic E-state index is 1.01. The highest BCUT2D eigenvalue weighted by Crippen LogP contribution is 1.84. The Bertz CT molecular complexity index is 72.0. The van der Waals surface area contributed by atoms with Crippen LogP contribution in [0.2, 0.25) is 0 Å². The van der Waals surface area contributed by atoms with Crippen LogP contribution in [0.1, 0.15) is 6.92 Å². The molecule has 0 atom stereocenters. The molecule has 2 N–H and O–H groups in total. The molecular weight excluding hydrogens is 74.1 g/mol. The van der Waals surface area contributed by atoms with Gasteiger partial charge in [-0.1, -0.05) is 12.7 Å². The molecule has 0 saturated carbocycles. The van der Waals surface area contributed by atoms with E-state index < -0.39 is 0 Å². The van der Waals surface area contributed by atoms with Gasteiger partial charge in [0.05, 0.1) is 0 Å². The maximum atomic E-state index is 5.05. The van der Waals surface area contributed by atoms with Crippen molar-refractivity contribution in [1.82, 2.24) is 0 Å². The van der Waals surface area contributed by atoms with Gasteiger partial charge in [-0.15, -0.1) is 0 Å². The molecule has 0 aromatic heterocycles. The Morgan fingerprint density at radius 3 is 2.33 bits per heavy atom. The molecule has 0 aromatic rings. The summed E-state index contributed by atoms with van der Waals surface area (Å²) in [5.74, 6) is 0. The van der Waals surface area contributed by atoms with Crippen LogP contribution in [0, 0.1) is 0 Å². The number of allylic oxidation sites excluding steroid dienone is 2. The van der Waals surface area contributed by atoms with Crippen molar-refractivity contribution in [2.75, 3.05) is 0 Å². The van der Waals surface area contributed by atoms with Gasteiger partial charge in [0.2, 0.25) is 0 Å². The summed E-state index contributed by atoms with van der Waals surface area (Å²) >= 11 is 0. The van der Waals surface area contributed by atoms with Crippen molar-refractivity contribution in [3.8, 4) is 0 Å². The second-order valence-corrected chi connectivity index (χ2v) is 1.11. The zero-order valence-corrected chi connectivity index (χ0v) is 3.94. The van der Waals surface area contributed by atoms with Gasteiger partial charge in [-0.25, -0.2) is 0 Å². The molecule has 0 amide bonds. The van der Waals surface area contributed by atoms with Gasteiger partial charge >= 0.3 is 0 Å². The van der Waals surface area contributed by atoms with E-state index in [9.17, 15) is 0 Å². The molecule has 0 aliphatic rings. The maximum absolute atomic E-state index is 5.05. The molecule has 0 spiro atoms. The molecule has 0 rings (SSSR count). The minimum Gasteiger partial charge on any atom is -0.404 e. The van der Waals surface area contributed by atoms with Crippen LogP contribution in [-0.2, 0) is 0 Å². The molecule has 0 fully saturated rings. The third kappa shape index (κ3) is 1.58. The van der Waals surface area contributed by atoms with E-state index in [2.05, 4.69) is 6.58 Å². The molecule has 0 heterocycles. The average molecular weight is 83.1 g/mol. The summed E-state index contributed by atoms with van der Waals surface area (Å²) in [6.45, 7) is 5.38. The molecule has 34 valence electrons. The van der Waals surface area contributed by atoms with Crippen molar-refractivity contribution >= 4 is 0 Å². The molecule has 0 unspecified atom stereocenters. The molecule has 0 aliphatic heterocycles. The van der Waals surface area contributed by atoms with Crippen molar-refractivity contribution in [1.29, 1.82) is 0 Å². The number of nitrogens with two attached hydrogens (primary N) is 1. The van der Waals surface area contributed by atoms with E-state index in [1.807, 2.05) is 6.92 Å². The highest BCUT2D eigenvalue weighted by molar-refractivity contribution is 5.10. The van der Waals surface area contributed by atoms with Gasteiger partial charge in [0.15, 0.2) is 0 Å². The van der Waals surface area contributed by atoms with Crippen molar-refractivity contribution in [2.24, 2.45) is 5.73 Å². The summed E-state index contributed by atoms with van der Waals surface area (Å²) in [7, 11) is 0. The second-order valence-electron chi connectivity index (χ2n) is 1.11. The highest BCUT2D eigenvalue weighted by Gasteiger charge is 1.67. The predicted molar refractivity (Wildman–Crippen MR) is 28.1 cm³/mol. The summed E-state index contributed by atoms with van der Waals surface area (Å²) in [5.41, 5.74) is 6.06. The maximum Gasteiger partial charge on any atom is -0.00328 e. The fraction of sp³-hybridized carbons (Fsp3) is 0.200. The van der Waals surface area contributed by atoms with E-state index in [0.29, 0.717) is 0 Å². The van der Waals surface area contributed by atoms with Crippen LogP contribution in [-0.4, -0.2) is 0 Å². The van der Waals surface area contributed by atoms with Crippen LogP contribution in [0.4, 0.5) is 0 Å². The van der Waals surface area contributed by atoms with E-state index in [0.717, 1.165) is 5.57 Å². The molecule has 0 bridgehead atoms. The number of hydrogen-bond acceptors (Lipinski definition) is 1. The minimum atomic E-state index is 1.01. The highest BCUT2D eigenvalue weighted by atomic mass is 14.5. The molecule has 0 aliphatic carbocycles. The SMILES string of the molecule is C=CC(C)=CN. The van der Waals surface area contributed by atoms with Crippen LogP contribution in [0.3, 0.4) is 0 Å². The van der Waals surface area contributed by atoms with Gasteiger partial charge in [0.25, 0.3) is 0 Å². The van der Waals surface area contributed by atoms with Gasteiger partial charge in [0.1, 0.15) is 0 Å². The molecule has 1 nitrogen and oxygen atoms in total. The first-order valence-corrected chi connectivity index (χ1v) is 1.82. The van der Waals surface area contributed by atoms with Crippen molar-refractivity contribution < 1.29 is 0 Å². The van der Waals surface area contributed by atoms with E-state index in [-0.39, 0.29) is 0 Å². The van der Waals surface area contributed by atoms with Crippen LogP contribution in [0.5, 0.6) is 0 Å². The Balaban J connectivity index is 3.50. The molecule has 0 saturated heterocycles. The quantitative estimate of drug-likeness (QED) is 0.471. The van der Waals surface area contributed by atoms with Gasteiger partial charge in [-0.2, -0.15) is 0 Å². The normalized spacial score (nSPS) is 11.2. The lowest BCUT2D eigenvalue weighted by Crippen LogP contribution is -1.78. The summed E-state index contributed by atoms with van der Waals surface area (Å²) in [6, 6.07) is 0. The Kier molecular flexibility index (Phi) is 2.21. The first-order chi connectivity index (χ1) is 2.81. The lowest BCUT2D eigenvalue weighted by atomic mass is 10.3. The van der Waals surface area contributed by atoms with Crippen LogP contribution in [0.25, 0.3) is 0 Å². The summed E-state index contributed by atoms with van der Waals surface area (Å²) in [5, 5.41) is 0. The monoisotopic (exact) mass is 83.1 g/mol. The third-order valence-corrected chi connectivity index (χ3v) is 0.585. The van der Waals surface area contributed by atoms with E-state index in [1.165, 1.54) is 6.20 Å². The zero-order valence-electron chi connectivity index (χ0n) is 3.94. The van der Waals surface area contributed by atoms with Crippen molar-refractivity contribution in [2.45, 2.75) is 6.92 Å².